The van der Waals surface area contributed by atoms with E-state index in [0.29, 0.717) is 17.2 Å². The van der Waals surface area contributed by atoms with Crippen molar-refractivity contribution in [1.29, 1.82) is 0 Å². The summed E-state index contributed by atoms with van der Waals surface area (Å²) in [4.78, 5) is 21.9. The summed E-state index contributed by atoms with van der Waals surface area (Å²) in [5.41, 5.74) is 2.18. The lowest BCUT2D eigenvalue weighted by atomic mass is 9.83. The van der Waals surface area contributed by atoms with E-state index in [-0.39, 0.29) is 12.1 Å². The number of benzene rings is 1. The molecule has 0 unspecified atom stereocenters. The van der Waals surface area contributed by atoms with Crippen LogP contribution < -0.4 is 9.64 Å². The molecule has 2 aliphatic rings. The first-order valence-corrected chi connectivity index (χ1v) is 10.5. The number of piperidine rings is 1. The zero-order valence-corrected chi connectivity index (χ0v) is 17.5. The Labute approximate surface area is 183 Å². The van der Waals surface area contributed by atoms with Gasteiger partial charge in [-0.15, -0.1) is 5.10 Å². The first-order valence-electron chi connectivity index (χ1n) is 10.2. The van der Waals surface area contributed by atoms with E-state index < -0.39 is 5.97 Å². The van der Waals surface area contributed by atoms with Crippen LogP contribution in [0.1, 0.15) is 24.8 Å². The second kappa shape index (κ2) is 7.81. The maximum atomic E-state index is 10.8. The number of carboxylic acids is 1. The van der Waals surface area contributed by atoms with Crippen molar-refractivity contribution in [2.75, 3.05) is 18.0 Å². The number of ether oxygens (including phenoxy) is 1. The molecule has 0 atom stereocenters. The van der Waals surface area contributed by atoms with Crippen LogP contribution in [0.25, 0.3) is 11.3 Å². The van der Waals surface area contributed by atoms with Gasteiger partial charge in [-0.05, 0) is 25.0 Å². The van der Waals surface area contributed by atoms with Gasteiger partial charge in [0, 0.05) is 54.5 Å². The molecule has 5 rings (SSSR count). The van der Waals surface area contributed by atoms with E-state index >= 15 is 0 Å². The van der Waals surface area contributed by atoms with Crippen molar-refractivity contribution in [1.82, 2.24) is 25.0 Å². The number of aliphatic carboxylic acids is 1. The molecule has 0 saturated carbocycles. The Morgan fingerprint density at radius 2 is 1.97 bits per heavy atom. The molecular formula is C21H21ClN6O3. The van der Waals surface area contributed by atoms with Crippen LogP contribution in [0.4, 0.5) is 5.95 Å². The molecule has 1 fully saturated rings. The third-order valence-electron chi connectivity index (χ3n) is 5.96. The van der Waals surface area contributed by atoms with Crippen LogP contribution in [0.3, 0.4) is 0 Å². The first kappa shape index (κ1) is 19.7. The highest BCUT2D eigenvalue weighted by Crippen LogP contribution is 2.42. The summed E-state index contributed by atoms with van der Waals surface area (Å²) in [7, 11) is 0. The van der Waals surface area contributed by atoms with Gasteiger partial charge in [0.25, 0.3) is 0 Å². The fourth-order valence-electron chi connectivity index (χ4n) is 4.24. The standard InChI is InChI=1S/C21H21ClN6O3/c22-16-2-1-3-18-15(16)4-5-21(31-18)6-8-27(9-7-21)20-23-10-14(11-24-20)17-12-28(26-25-17)13-19(29)30/h1-3,10-12H,4-9,13H2,(H,29,30). The van der Waals surface area contributed by atoms with Gasteiger partial charge in [0.2, 0.25) is 5.95 Å². The lowest BCUT2D eigenvalue weighted by Crippen LogP contribution is -2.50. The number of nitrogens with zero attached hydrogens (tertiary/aromatic N) is 6. The van der Waals surface area contributed by atoms with E-state index in [9.17, 15) is 4.79 Å². The Kier molecular flexibility index (Phi) is 4.97. The summed E-state index contributed by atoms with van der Waals surface area (Å²) in [6.07, 6.45) is 8.64. The monoisotopic (exact) mass is 440 g/mol. The van der Waals surface area contributed by atoms with Crippen molar-refractivity contribution in [3.63, 3.8) is 0 Å². The summed E-state index contributed by atoms with van der Waals surface area (Å²) in [5, 5.41) is 17.4. The predicted molar refractivity (Wildman–Crippen MR) is 113 cm³/mol. The van der Waals surface area contributed by atoms with Crippen molar-refractivity contribution in [2.45, 2.75) is 37.8 Å². The minimum Gasteiger partial charge on any atom is -0.487 e. The van der Waals surface area contributed by atoms with Crippen molar-refractivity contribution < 1.29 is 14.6 Å². The van der Waals surface area contributed by atoms with Gasteiger partial charge in [-0.1, -0.05) is 22.9 Å². The van der Waals surface area contributed by atoms with Crippen LogP contribution in [0.5, 0.6) is 5.75 Å². The van der Waals surface area contributed by atoms with Crippen LogP contribution in [-0.4, -0.2) is 54.7 Å². The molecule has 0 bridgehead atoms. The summed E-state index contributed by atoms with van der Waals surface area (Å²) in [5.74, 6) is 0.596. The Morgan fingerprint density at radius 1 is 1.19 bits per heavy atom. The number of carboxylic acid groups (broad SMARTS) is 1. The van der Waals surface area contributed by atoms with Crippen LogP contribution in [0.2, 0.25) is 5.02 Å². The Bertz CT molecular complexity index is 1110. The number of hydrogen-bond donors (Lipinski definition) is 1. The normalized spacial score (nSPS) is 17.3. The minimum atomic E-state index is -0.973. The highest BCUT2D eigenvalue weighted by Gasteiger charge is 2.40. The minimum absolute atomic E-state index is 0.156. The molecule has 10 heteroatoms. The molecule has 1 saturated heterocycles. The lowest BCUT2D eigenvalue weighted by molar-refractivity contribution is -0.137. The molecule has 1 spiro atoms. The topological polar surface area (TPSA) is 106 Å². The molecule has 160 valence electrons. The second-order valence-electron chi connectivity index (χ2n) is 7.96. The van der Waals surface area contributed by atoms with Crippen molar-refractivity contribution >= 4 is 23.5 Å². The summed E-state index contributed by atoms with van der Waals surface area (Å²) in [6, 6.07) is 5.85. The third-order valence-corrected chi connectivity index (χ3v) is 6.31. The smallest absolute Gasteiger partial charge is 0.325 e. The van der Waals surface area contributed by atoms with Crippen LogP contribution in [0.15, 0.2) is 36.8 Å². The van der Waals surface area contributed by atoms with Gasteiger partial charge in [0.05, 0.1) is 6.20 Å². The maximum Gasteiger partial charge on any atom is 0.325 e. The molecular weight excluding hydrogens is 420 g/mol. The Balaban J connectivity index is 1.24. The summed E-state index contributed by atoms with van der Waals surface area (Å²) >= 11 is 6.31. The number of fused-ring (bicyclic) bond motifs is 1. The largest absolute Gasteiger partial charge is 0.487 e. The highest BCUT2D eigenvalue weighted by molar-refractivity contribution is 6.31. The molecule has 2 aromatic heterocycles. The zero-order valence-electron chi connectivity index (χ0n) is 16.7. The van der Waals surface area contributed by atoms with E-state index in [2.05, 4.69) is 25.2 Å². The number of hydrogen-bond acceptors (Lipinski definition) is 7. The van der Waals surface area contributed by atoms with E-state index in [0.717, 1.165) is 55.1 Å². The fraction of sp³-hybridized carbons (Fsp3) is 0.381. The van der Waals surface area contributed by atoms with Gasteiger partial charge in [-0.25, -0.2) is 14.6 Å². The Morgan fingerprint density at radius 3 is 2.71 bits per heavy atom. The van der Waals surface area contributed by atoms with E-state index in [4.69, 9.17) is 21.4 Å². The van der Waals surface area contributed by atoms with Gasteiger partial charge in [-0.3, -0.25) is 4.79 Å². The number of rotatable bonds is 4. The SMILES string of the molecule is O=C(O)Cn1cc(-c2cnc(N3CCC4(CCc5c(Cl)cccc5O4)CC3)nc2)nn1. The average Bonchev–Trinajstić information content (AvgIpc) is 3.22. The molecule has 0 aliphatic carbocycles. The van der Waals surface area contributed by atoms with Crippen LogP contribution in [-0.2, 0) is 17.8 Å². The quantitative estimate of drug-likeness (QED) is 0.660. The number of carbonyl (C=O) groups is 1. The molecule has 9 nitrogen and oxygen atoms in total. The van der Waals surface area contributed by atoms with E-state index in [1.54, 1.807) is 18.6 Å². The Hall–Kier alpha value is -3.20. The second-order valence-corrected chi connectivity index (χ2v) is 8.36. The number of halogens is 1. The number of aromatic nitrogens is 5. The van der Waals surface area contributed by atoms with Crippen LogP contribution >= 0.6 is 11.6 Å². The van der Waals surface area contributed by atoms with Gasteiger partial charge in [0.1, 0.15) is 23.6 Å². The first-order chi connectivity index (χ1) is 15.0. The highest BCUT2D eigenvalue weighted by atomic mass is 35.5. The predicted octanol–water partition coefficient (Wildman–Crippen LogP) is 2.84. The molecule has 1 N–H and O–H groups in total. The summed E-state index contributed by atoms with van der Waals surface area (Å²) < 4.78 is 7.69. The van der Waals surface area contributed by atoms with Gasteiger partial charge >= 0.3 is 5.97 Å². The van der Waals surface area contributed by atoms with Gasteiger partial charge in [0.15, 0.2) is 0 Å². The fourth-order valence-corrected chi connectivity index (χ4v) is 4.50. The van der Waals surface area contributed by atoms with Crippen molar-refractivity contribution in [2.24, 2.45) is 0 Å². The van der Waals surface area contributed by atoms with Crippen molar-refractivity contribution in [3.8, 4) is 17.0 Å². The molecule has 0 amide bonds. The lowest BCUT2D eigenvalue weighted by Gasteiger charge is -2.44. The number of anilines is 1. The molecule has 2 aliphatic heterocycles. The molecule has 4 heterocycles. The molecule has 3 aromatic rings. The molecule has 31 heavy (non-hydrogen) atoms. The van der Waals surface area contributed by atoms with Gasteiger partial charge < -0.3 is 14.7 Å². The maximum absolute atomic E-state index is 10.8. The third kappa shape index (κ3) is 3.93. The summed E-state index contributed by atoms with van der Waals surface area (Å²) in [6.45, 7) is 1.38. The van der Waals surface area contributed by atoms with E-state index in [1.165, 1.54) is 4.68 Å². The molecule has 0 radical (unpaired) electrons. The average molecular weight is 441 g/mol. The van der Waals surface area contributed by atoms with E-state index in [1.807, 2.05) is 18.2 Å². The molecule has 1 aromatic carbocycles. The van der Waals surface area contributed by atoms with Crippen LogP contribution in [0, 0.1) is 0 Å². The van der Waals surface area contributed by atoms with Gasteiger partial charge in [-0.2, -0.15) is 0 Å². The van der Waals surface area contributed by atoms with Crippen molar-refractivity contribution in [3.05, 3.63) is 47.4 Å². The zero-order chi connectivity index (χ0) is 21.4.